The van der Waals surface area contributed by atoms with Crippen LogP contribution in [-0.4, -0.2) is 59.8 Å². The summed E-state index contributed by atoms with van der Waals surface area (Å²) in [6.07, 6.45) is 5.75. The van der Waals surface area contributed by atoms with E-state index in [2.05, 4.69) is 16.0 Å². The van der Waals surface area contributed by atoms with Crippen LogP contribution in [0.3, 0.4) is 0 Å². The van der Waals surface area contributed by atoms with Crippen molar-refractivity contribution in [1.82, 2.24) is 14.9 Å². The number of carbonyl (C=O) groups is 1. The first-order chi connectivity index (χ1) is 11.3. The average molecular weight is 317 g/mol. The monoisotopic (exact) mass is 317 g/mol. The molecule has 0 spiro atoms. The van der Waals surface area contributed by atoms with Crippen molar-refractivity contribution in [3.05, 3.63) is 30.1 Å². The minimum absolute atomic E-state index is 0.0222. The van der Waals surface area contributed by atoms with E-state index >= 15 is 0 Å². The van der Waals surface area contributed by atoms with Gasteiger partial charge in [-0.15, -0.1) is 0 Å². The number of nitrogens with zero attached hydrogens (tertiary/aromatic N) is 3. The lowest BCUT2D eigenvalue weighted by atomic mass is 9.82. The lowest BCUT2D eigenvalue weighted by Crippen LogP contribution is -2.52. The molecule has 0 radical (unpaired) electrons. The molecule has 3 aliphatic heterocycles. The van der Waals surface area contributed by atoms with Gasteiger partial charge in [-0.1, -0.05) is 6.07 Å². The number of pyridine rings is 1. The molecule has 0 aliphatic carbocycles. The van der Waals surface area contributed by atoms with Gasteiger partial charge < -0.3 is 4.74 Å². The molecule has 6 heteroatoms. The smallest absolute Gasteiger partial charge is 0.250 e. The minimum Gasteiger partial charge on any atom is -0.377 e. The zero-order valence-corrected chi connectivity index (χ0v) is 13.3. The van der Waals surface area contributed by atoms with Gasteiger partial charge in [-0.25, -0.2) is 5.06 Å². The van der Waals surface area contributed by atoms with E-state index in [9.17, 15) is 4.79 Å². The molecule has 23 heavy (non-hydrogen) atoms. The molecule has 1 aromatic heterocycles. The summed E-state index contributed by atoms with van der Waals surface area (Å²) in [6, 6.07) is 4.03. The Morgan fingerprint density at radius 2 is 2.30 bits per heavy atom. The number of fused-ring (bicyclic) bond motifs is 1. The molecule has 6 nitrogen and oxygen atoms in total. The standard InChI is InChI=1S/C17H23N3O3/c21-17(20-6-2-7-23-20)15-11-19(10-13-3-1-5-18-9-13)12-16-14(15)4-8-22-16/h1,3,5,9,14-16H,2,4,6-8,10-12H2/t14-,15-,16+/m1/s1. The fraction of sp³-hybridized carbons (Fsp3) is 0.647. The van der Waals surface area contributed by atoms with Gasteiger partial charge in [0.05, 0.1) is 25.2 Å². The molecule has 124 valence electrons. The largest absolute Gasteiger partial charge is 0.377 e. The predicted molar refractivity (Wildman–Crippen MR) is 83.1 cm³/mol. The first kappa shape index (κ1) is 15.1. The molecule has 4 rings (SSSR count). The molecule has 0 saturated carbocycles. The molecule has 3 atom stereocenters. The normalized spacial score (nSPS) is 31.3. The summed E-state index contributed by atoms with van der Waals surface area (Å²) >= 11 is 0. The van der Waals surface area contributed by atoms with Crippen molar-refractivity contribution in [2.45, 2.75) is 25.5 Å². The summed E-state index contributed by atoms with van der Waals surface area (Å²) in [6.45, 7) is 4.62. The second kappa shape index (κ2) is 6.55. The molecule has 0 unspecified atom stereocenters. The fourth-order valence-corrected chi connectivity index (χ4v) is 4.00. The Kier molecular flexibility index (Phi) is 4.29. The summed E-state index contributed by atoms with van der Waals surface area (Å²) in [5.41, 5.74) is 1.17. The molecular weight excluding hydrogens is 294 g/mol. The summed E-state index contributed by atoms with van der Waals surface area (Å²) < 4.78 is 5.90. The van der Waals surface area contributed by atoms with Crippen LogP contribution >= 0.6 is 0 Å². The van der Waals surface area contributed by atoms with Crippen molar-refractivity contribution >= 4 is 5.91 Å². The van der Waals surface area contributed by atoms with Crippen LogP contribution in [0.5, 0.6) is 0 Å². The second-order valence-electron chi connectivity index (χ2n) is 6.65. The molecule has 3 saturated heterocycles. The van der Waals surface area contributed by atoms with Gasteiger partial charge in [-0.2, -0.15) is 0 Å². The molecule has 0 aromatic carbocycles. The van der Waals surface area contributed by atoms with Crippen LogP contribution in [0, 0.1) is 11.8 Å². The molecular formula is C17H23N3O3. The first-order valence-electron chi connectivity index (χ1n) is 8.48. The van der Waals surface area contributed by atoms with Crippen LogP contribution in [0.15, 0.2) is 24.5 Å². The summed E-state index contributed by atoms with van der Waals surface area (Å²) in [5, 5.41) is 1.58. The SMILES string of the molecule is O=C([C@@H]1CN(Cc2cccnc2)C[C@@H]2OCC[C@@H]21)N1CCCO1. The average Bonchev–Trinajstić information content (AvgIpc) is 3.26. The van der Waals surface area contributed by atoms with E-state index in [0.717, 1.165) is 45.6 Å². The van der Waals surface area contributed by atoms with Gasteiger partial charge in [0, 0.05) is 44.6 Å². The van der Waals surface area contributed by atoms with Crippen LogP contribution in [-0.2, 0) is 20.9 Å². The third kappa shape index (κ3) is 3.11. The third-order valence-electron chi connectivity index (χ3n) is 5.12. The van der Waals surface area contributed by atoms with Gasteiger partial charge in [0.25, 0.3) is 5.91 Å². The molecule has 1 aromatic rings. The highest BCUT2D eigenvalue weighted by molar-refractivity contribution is 5.79. The number of aromatic nitrogens is 1. The maximum absolute atomic E-state index is 12.8. The number of rotatable bonds is 3. The van der Waals surface area contributed by atoms with Crippen LogP contribution in [0.4, 0.5) is 0 Å². The van der Waals surface area contributed by atoms with Crippen molar-refractivity contribution < 1.29 is 14.4 Å². The van der Waals surface area contributed by atoms with Crippen LogP contribution < -0.4 is 0 Å². The maximum Gasteiger partial charge on any atom is 0.250 e. The highest BCUT2D eigenvalue weighted by atomic mass is 16.7. The molecule has 0 N–H and O–H groups in total. The number of ether oxygens (including phenoxy) is 1. The predicted octanol–water partition coefficient (Wildman–Crippen LogP) is 1.08. The van der Waals surface area contributed by atoms with Gasteiger partial charge in [-0.05, 0) is 24.5 Å². The van der Waals surface area contributed by atoms with Gasteiger partial charge in [-0.3, -0.25) is 19.5 Å². The van der Waals surface area contributed by atoms with Gasteiger partial charge in [0.2, 0.25) is 0 Å². The van der Waals surface area contributed by atoms with Gasteiger partial charge >= 0.3 is 0 Å². The second-order valence-corrected chi connectivity index (χ2v) is 6.65. The Hall–Kier alpha value is -1.50. The van der Waals surface area contributed by atoms with Crippen LogP contribution in [0.2, 0.25) is 0 Å². The number of hydrogen-bond donors (Lipinski definition) is 0. The first-order valence-corrected chi connectivity index (χ1v) is 8.48. The number of hydrogen-bond acceptors (Lipinski definition) is 5. The fourth-order valence-electron chi connectivity index (χ4n) is 4.00. The Labute approximate surface area is 136 Å². The lowest BCUT2D eigenvalue weighted by Gasteiger charge is -2.40. The number of carbonyl (C=O) groups excluding carboxylic acids is 1. The van der Waals surface area contributed by atoms with Crippen molar-refractivity contribution in [3.8, 4) is 0 Å². The number of likely N-dealkylation sites (tertiary alicyclic amines) is 1. The van der Waals surface area contributed by atoms with Gasteiger partial charge in [0.1, 0.15) is 0 Å². The summed E-state index contributed by atoms with van der Waals surface area (Å²) in [4.78, 5) is 24.8. The number of amides is 1. The highest BCUT2D eigenvalue weighted by Crippen LogP contribution is 2.35. The zero-order valence-electron chi connectivity index (χ0n) is 13.3. The Bertz CT molecular complexity index is 547. The van der Waals surface area contributed by atoms with E-state index in [0.29, 0.717) is 12.5 Å². The van der Waals surface area contributed by atoms with E-state index in [1.165, 1.54) is 5.56 Å². The van der Waals surface area contributed by atoms with E-state index in [1.807, 2.05) is 12.3 Å². The quantitative estimate of drug-likeness (QED) is 0.835. The highest BCUT2D eigenvalue weighted by Gasteiger charge is 2.45. The lowest BCUT2D eigenvalue weighted by molar-refractivity contribution is -0.179. The Morgan fingerprint density at radius 3 is 3.09 bits per heavy atom. The van der Waals surface area contributed by atoms with Crippen LogP contribution in [0.1, 0.15) is 18.4 Å². The maximum atomic E-state index is 12.8. The van der Waals surface area contributed by atoms with Gasteiger partial charge in [0.15, 0.2) is 0 Å². The molecule has 3 aliphatic rings. The van der Waals surface area contributed by atoms with E-state index in [-0.39, 0.29) is 17.9 Å². The Morgan fingerprint density at radius 1 is 1.35 bits per heavy atom. The van der Waals surface area contributed by atoms with Crippen LogP contribution in [0.25, 0.3) is 0 Å². The summed E-state index contributed by atoms with van der Waals surface area (Å²) in [5.74, 6) is 0.446. The zero-order chi connectivity index (χ0) is 15.6. The molecule has 3 fully saturated rings. The van der Waals surface area contributed by atoms with Crippen molar-refractivity contribution in [3.63, 3.8) is 0 Å². The number of hydroxylamine groups is 2. The Balaban J connectivity index is 1.49. The summed E-state index contributed by atoms with van der Waals surface area (Å²) in [7, 11) is 0. The minimum atomic E-state index is -0.0222. The van der Waals surface area contributed by atoms with Crippen molar-refractivity contribution in [2.24, 2.45) is 11.8 Å². The van der Waals surface area contributed by atoms with E-state index in [1.54, 1.807) is 11.3 Å². The van der Waals surface area contributed by atoms with Crippen molar-refractivity contribution in [1.29, 1.82) is 0 Å². The number of piperidine rings is 1. The molecule has 4 heterocycles. The van der Waals surface area contributed by atoms with E-state index < -0.39 is 0 Å². The van der Waals surface area contributed by atoms with E-state index in [4.69, 9.17) is 9.57 Å². The van der Waals surface area contributed by atoms with Crippen molar-refractivity contribution in [2.75, 3.05) is 32.8 Å². The third-order valence-corrected chi connectivity index (χ3v) is 5.12. The molecule has 0 bridgehead atoms. The topological polar surface area (TPSA) is 54.9 Å². The molecule has 1 amide bonds.